The first-order chi connectivity index (χ1) is 11.3. The zero-order valence-corrected chi connectivity index (χ0v) is 13.0. The average Bonchev–Trinajstić information content (AvgIpc) is 2.98. The predicted octanol–water partition coefficient (Wildman–Crippen LogP) is 2.64. The van der Waals surface area contributed by atoms with Gasteiger partial charge in [-0.05, 0) is 54.8 Å². The molecule has 3 aromatic rings. The Morgan fingerprint density at radius 1 is 1.09 bits per heavy atom. The summed E-state index contributed by atoms with van der Waals surface area (Å²) in [7, 11) is 0. The Kier molecular flexibility index (Phi) is 4.74. The lowest BCUT2D eigenvalue weighted by Crippen LogP contribution is -2.25. The van der Waals surface area contributed by atoms with Crippen LogP contribution in [0.25, 0.3) is 10.9 Å². The Balaban J connectivity index is 1.63. The van der Waals surface area contributed by atoms with Crippen molar-refractivity contribution in [1.82, 2.24) is 10.3 Å². The van der Waals surface area contributed by atoms with Crippen LogP contribution in [-0.2, 0) is 12.8 Å². The highest BCUT2D eigenvalue weighted by molar-refractivity contribution is 5.94. The molecule has 2 aromatic carbocycles. The molecule has 118 valence electrons. The molecule has 0 saturated heterocycles. The van der Waals surface area contributed by atoms with E-state index in [0.717, 1.165) is 18.4 Å². The van der Waals surface area contributed by atoms with Crippen molar-refractivity contribution in [2.24, 2.45) is 5.73 Å². The van der Waals surface area contributed by atoms with Gasteiger partial charge in [-0.15, -0.1) is 0 Å². The van der Waals surface area contributed by atoms with Crippen LogP contribution in [0.15, 0.2) is 54.7 Å². The second-order valence-electron chi connectivity index (χ2n) is 5.60. The summed E-state index contributed by atoms with van der Waals surface area (Å²) in [6.07, 6.45) is 3.70. The molecule has 4 N–H and O–H groups in total. The number of H-pyrrole nitrogens is 1. The van der Waals surface area contributed by atoms with Gasteiger partial charge in [0.05, 0.1) is 0 Å². The van der Waals surface area contributed by atoms with Crippen molar-refractivity contribution in [3.63, 3.8) is 0 Å². The minimum atomic E-state index is -0.0304. The Morgan fingerprint density at radius 3 is 2.70 bits per heavy atom. The van der Waals surface area contributed by atoms with Gasteiger partial charge < -0.3 is 16.0 Å². The Labute approximate surface area is 135 Å². The largest absolute Gasteiger partial charge is 0.361 e. The van der Waals surface area contributed by atoms with Gasteiger partial charge in [0.1, 0.15) is 0 Å². The molecule has 1 heterocycles. The molecule has 0 fully saturated rings. The van der Waals surface area contributed by atoms with E-state index in [0.29, 0.717) is 18.7 Å². The van der Waals surface area contributed by atoms with Crippen molar-refractivity contribution in [3.8, 4) is 0 Å². The van der Waals surface area contributed by atoms with Crippen molar-refractivity contribution in [2.45, 2.75) is 12.8 Å². The van der Waals surface area contributed by atoms with Gasteiger partial charge in [-0.2, -0.15) is 0 Å². The Hall–Kier alpha value is -2.59. The lowest BCUT2D eigenvalue weighted by molar-refractivity contribution is 0.0954. The van der Waals surface area contributed by atoms with Crippen molar-refractivity contribution in [1.29, 1.82) is 0 Å². The van der Waals surface area contributed by atoms with E-state index < -0.39 is 0 Å². The van der Waals surface area contributed by atoms with Gasteiger partial charge in [-0.3, -0.25) is 4.79 Å². The van der Waals surface area contributed by atoms with Crippen molar-refractivity contribution >= 4 is 16.8 Å². The number of nitrogens with two attached hydrogens (primary N) is 1. The van der Waals surface area contributed by atoms with E-state index in [4.69, 9.17) is 5.73 Å². The molecule has 0 bridgehead atoms. The number of benzene rings is 2. The fraction of sp³-hybridized carbons (Fsp3) is 0.211. The number of nitrogens with one attached hydrogen (secondary N) is 2. The summed E-state index contributed by atoms with van der Waals surface area (Å²) in [5.41, 5.74) is 9.94. The number of hydrogen-bond acceptors (Lipinski definition) is 2. The molecule has 4 heteroatoms. The van der Waals surface area contributed by atoms with Crippen molar-refractivity contribution in [3.05, 3.63) is 71.4 Å². The number of rotatable bonds is 6. The predicted molar refractivity (Wildman–Crippen MR) is 93.5 cm³/mol. The van der Waals surface area contributed by atoms with E-state index in [1.165, 1.54) is 16.5 Å². The lowest BCUT2D eigenvalue weighted by atomic mass is 10.1. The van der Waals surface area contributed by atoms with Crippen LogP contribution in [0.1, 0.15) is 21.5 Å². The number of fused-ring (bicyclic) bond motifs is 1. The van der Waals surface area contributed by atoms with Crippen molar-refractivity contribution in [2.75, 3.05) is 13.1 Å². The average molecular weight is 307 g/mol. The van der Waals surface area contributed by atoms with Crippen LogP contribution in [0.3, 0.4) is 0 Å². The third-order valence-electron chi connectivity index (χ3n) is 3.98. The van der Waals surface area contributed by atoms with E-state index >= 15 is 0 Å². The summed E-state index contributed by atoms with van der Waals surface area (Å²) in [6.45, 7) is 1.26. The highest BCUT2D eigenvalue weighted by Crippen LogP contribution is 2.20. The minimum Gasteiger partial charge on any atom is -0.361 e. The smallest absolute Gasteiger partial charge is 0.251 e. The van der Waals surface area contributed by atoms with E-state index in [2.05, 4.69) is 28.5 Å². The standard InChI is InChI=1S/C19H21N3O/c20-10-8-16-13-22-18-7-6-14(12-17(16)18)9-11-21-19(23)15-4-2-1-3-5-15/h1-7,12-13,22H,8-11,20H2,(H,21,23). The zero-order chi connectivity index (χ0) is 16.1. The summed E-state index contributed by atoms with van der Waals surface area (Å²) in [4.78, 5) is 15.3. The maximum absolute atomic E-state index is 12.0. The summed E-state index contributed by atoms with van der Waals surface area (Å²) in [6, 6.07) is 15.7. The third-order valence-corrected chi connectivity index (χ3v) is 3.98. The first-order valence-electron chi connectivity index (χ1n) is 7.90. The molecule has 4 nitrogen and oxygen atoms in total. The van der Waals surface area contributed by atoms with Crippen LogP contribution >= 0.6 is 0 Å². The molecule has 1 amide bonds. The quantitative estimate of drug-likeness (QED) is 0.655. The first-order valence-corrected chi connectivity index (χ1v) is 7.90. The number of carbonyl (C=O) groups excluding carboxylic acids is 1. The molecule has 3 rings (SSSR count). The summed E-state index contributed by atoms with van der Waals surface area (Å²) >= 11 is 0. The van der Waals surface area contributed by atoms with Gasteiger partial charge in [-0.1, -0.05) is 24.3 Å². The second kappa shape index (κ2) is 7.11. The van der Waals surface area contributed by atoms with Crippen LogP contribution in [0.2, 0.25) is 0 Å². The van der Waals surface area contributed by atoms with Gasteiger partial charge >= 0.3 is 0 Å². The van der Waals surface area contributed by atoms with E-state index in [-0.39, 0.29) is 5.91 Å². The molecule has 0 aliphatic rings. The van der Waals surface area contributed by atoms with E-state index in [9.17, 15) is 4.79 Å². The maximum atomic E-state index is 12.0. The molecule has 0 aliphatic heterocycles. The van der Waals surface area contributed by atoms with Gasteiger partial charge in [0.15, 0.2) is 0 Å². The van der Waals surface area contributed by atoms with E-state index in [1.54, 1.807) is 0 Å². The topological polar surface area (TPSA) is 70.9 Å². The zero-order valence-electron chi connectivity index (χ0n) is 13.0. The summed E-state index contributed by atoms with van der Waals surface area (Å²) in [5.74, 6) is -0.0304. The third kappa shape index (κ3) is 3.60. The summed E-state index contributed by atoms with van der Waals surface area (Å²) in [5, 5.41) is 4.19. The van der Waals surface area contributed by atoms with Crippen LogP contribution < -0.4 is 11.1 Å². The van der Waals surface area contributed by atoms with Crippen LogP contribution in [0.5, 0.6) is 0 Å². The molecule has 0 spiro atoms. The lowest BCUT2D eigenvalue weighted by Gasteiger charge is -2.06. The number of aromatic nitrogens is 1. The molecule has 23 heavy (non-hydrogen) atoms. The Bertz CT molecular complexity index is 793. The number of carbonyl (C=O) groups is 1. The second-order valence-corrected chi connectivity index (χ2v) is 5.60. The molecule has 1 aromatic heterocycles. The SMILES string of the molecule is NCCc1c[nH]c2ccc(CCNC(=O)c3ccccc3)cc12. The van der Waals surface area contributed by atoms with E-state index in [1.807, 2.05) is 36.5 Å². The van der Waals surface area contributed by atoms with Gasteiger partial charge in [0.2, 0.25) is 0 Å². The molecule has 0 unspecified atom stereocenters. The normalized spacial score (nSPS) is 10.8. The molecule has 0 saturated carbocycles. The van der Waals surface area contributed by atoms with Crippen LogP contribution in [0, 0.1) is 0 Å². The number of hydrogen-bond donors (Lipinski definition) is 3. The maximum Gasteiger partial charge on any atom is 0.251 e. The summed E-state index contributed by atoms with van der Waals surface area (Å²) < 4.78 is 0. The molecule has 0 aliphatic carbocycles. The molecular formula is C19H21N3O. The van der Waals surface area contributed by atoms with Crippen molar-refractivity contribution < 1.29 is 4.79 Å². The monoisotopic (exact) mass is 307 g/mol. The van der Waals surface area contributed by atoms with Crippen LogP contribution in [0.4, 0.5) is 0 Å². The fourth-order valence-corrected chi connectivity index (χ4v) is 2.76. The highest BCUT2D eigenvalue weighted by atomic mass is 16.1. The fourth-order valence-electron chi connectivity index (χ4n) is 2.76. The first kappa shape index (κ1) is 15.3. The highest BCUT2D eigenvalue weighted by Gasteiger charge is 2.06. The molecular weight excluding hydrogens is 286 g/mol. The number of amides is 1. The van der Waals surface area contributed by atoms with Crippen LogP contribution in [-0.4, -0.2) is 24.0 Å². The van der Waals surface area contributed by atoms with Gasteiger partial charge in [0.25, 0.3) is 5.91 Å². The minimum absolute atomic E-state index is 0.0304. The molecule has 0 radical (unpaired) electrons. The number of aromatic amines is 1. The Morgan fingerprint density at radius 2 is 1.91 bits per heavy atom. The van der Waals surface area contributed by atoms with Gasteiger partial charge in [0, 0.05) is 29.2 Å². The molecule has 0 atom stereocenters. The van der Waals surface area contributed by atoms with Gasteiger partial charge in [-0.25, -0.2) is 0 Å².